The molecule has 1 aromatic carbocycles. The molecule has 5 heteroatoms. The maximum absolute atomic E-state index is 10.4. The predicted octanol–water partition coefficient (Wildman–Crippen LogP) is 2.25. The number of nitrogens with zero attached hydrogens (tertiary/aromatic N) is 1. The first-order valence-corrected chi connectivity index (χ1v) is 6.31. The van der Waals surface area contributed by atoms with E-state index in [-0.39, 0.29) is 17.2 Å². The molecular weight excluding hydrogens is 226 g/mol. The van der Waals surface area contributed by atoms with E-state index in [1.807, 2.05) is 0 Å². The van der Waals surface area contributed by atoms with Crippen LogP contribution >= 0.6 is 11.8 Å². The first-order chi connectivity index (χ1) is 7.74. The number of non-ortho nitro benzene ring substituents is 1. The van der Waals surface area contributed by atoms with Crippen molar-refractivity contribution in [2.24, 2.45) is 0 Å². The Hall–Kier alpha value is -1.07. The summed E-state index contributed by atoms with van der Waals surface area (Å²) in [4.78, 5) is 10.0. The summed E-state index contributed by atoms with van der Waals surface area (Å²) in [5, 5.41) is 19.0. The topological polar surface area (TPSA) is 63.4 Å². The molecular formula is C11H15NO3S. The second-order valence-electron chi connectivity index (χ2n) is 3.36. The maximum Gasteiger partial charge on any atom is 0.269 e. The van der Waals surface area contributed by atoms with E-state index in [0.717, 1.165) is 29.9 Å². The lowest BCUT2D eigenvalue weighted by molar-refractivity contribution is -0.384. The van der Waals surface area contributed by atoms with Gasteiger partial charge in [0.25, 0.3) is 5.69 Å². The lowest BCUT2D eigenvalue weighted by Crippen LogP contribution is -1.93. The first kappa shape index (κ1) is 13.0. The van der Waals surface area contributed by atoms with Gasteiger partial charge in [-0.1, -0.05) is 12.1 Å². The monoisotopic (exact) mass is 241 g/mol. The highest BCUT2D eigenvalue weighted by molar-refractivity contribution is 7.99. The third-order valence-corrected chi connectivity index (χ3v) is 3.20. The van der Waals surface area contributed by atoms with Crippen molar-refractivity contribution >= 4 is 17.4 Å². The van der Waals surface area contributed by atoms with Crippen molar-refractivity contribution in [1.82, 2.24) is 0 Å². The van der Waals surface area contributed by atoms with Crippen molar-refractivity contribution < 1.29 is 10.0 Å². The molecule has 16 heavy (non-hydrogen) atoms. The van der Waals surface area contributed by atoms with Crippen LogP contribution in [-0.2, 0) is 6.42 Å². The van der Waals surface area contributed by atoms with Gasteiger partial charge < -0.3 is 5.11 Å². The van der Waals surface area contributed by atoms with Crippen LogP contribution in [0.4, 0.5) is 5.69 Å². The number of nitro groups is 1. The third kappa shape index (κ3) is 4.63. The van der Waals surface area contributed by atoms with Crippen LogP contribution in [0.2, 0.25) is 0 Å². The van der Waals surface area contributed by atoms with Crippen LogP contribution in [0, 0.1) is 10.1 Å². The van der Waals surface area contributed by atoms with E-state index in [4.69, 9.17) is 5.11 Å². The fraction of sp³-hybridized carbons (Fsp3) is 0.455. The van der Waals surface area contributed by atoms with Gasteiger partial charge in [-0.3, -0.25) is 10.1 Å². The molecule has 0 amide bonds. The van der Waals surface area contributed by atoms with Crippen molar-refractivity contribution in [3.63, 3.8) is 0 Å². The van der Waals surface area contributed by atoms with E-state index in [1.54, 1.807) is 23.9 Å². The van der Waals surface area contributed by atoms with Gasteiger partial charge >= 0.3 is 0 Å². The SMILES string of the molecule is O=[N+]([O-])c1ccc(CCSCCCO)cc1. The van der Waals surface area contributed by atoms with Crippen molar-refractivity contribution in [1.29, 1.82) is 0 Å². The van der Waals surface area contributed by atoms with Gasteiger partial charge in [-0.15, -0.1) is 0 Å². The van der Waals surface area contributed by atoms with Crippen LogP contribution in [0.3, 0.4) is 0 Å². The van der Waals surface area contributed by atoms with E-state index in [9.17, 15) is 10.1 Å². The normalized spacial score (nSPS) is 10.3. The minimum atomic E-state index is -0.389. The van der Waals surface area contributed by atoms with Crippen molar-refractivity contribution in [3.8, 4) is 0 Å². The second-order valence-corrected chi connectivity index (χ2v) is 4.59. The summed E-state index contributed by atoms with van der Waals surface area (Å²) in [6.07, 6.45) is 1.74. The number of benzene rings is 1. The third-order valence-electron chi connectivity index (χ3n) is 2.13. The minimum absolute atomic E-state index is 0.136. The van der Waals surface area contributed by atoms with Gasteiger partial charge in [-0.25, -0.2) is 0 Å². The molecule has 0 saturated carbocycles. The van der Waals surface area contributed by atoms with E-state index in [2.05, 4.69) is 0 Å². The summed E-state index contributed by atoms with van der Waals surface area (Å²) in [7, 11) is 0. The van der Waals surface area contributed by atoms with Crippen LogP contribution in [0.15, 0.2) is 24.3 Å². The van der Waals surface area contributed by atoms with Crippen molar-refractivity contribution in [2.45, 2.75) is 12.8 Å². The van der Waals surface area contributed by atoms with Gasteiger partial charge in [-0.05, 0) is 29.9 Å². The molecule has 0 heterocycles. The molecule has 0 aliphatic carbocycles. The van der Waals surface area contributed by atoms with Crippen molar-refractivity contribution in [2.75, 3.05) is 18.1 Å². The molecule has 1 rings (SSSR count). The highest BCUT2D eigenvalue weighted by Gasteiger charge is 2.03. The molecule has 0 aliphatic rings. The maximum atomic E-state index is 10.4. The Morgan fingerprint density at radius 2 is 1.94 bits per heavy atom. The molecule has 0 spiro atoms. The molecule has 1 N–H and O–H groups in total. The Kier molecular flexibility index (Phi) is 5.88. The first-order valence-electron chi connectivity index (χ1n) is 5.16. The zero-order valence-electron chi connectivity index (χ0n) is 8.96. The zero-order chi connectivity index (χ0) is 11.8. The van der Waals surface area contributed by atoms with Gasteiger partial charge in [0, 0.05) is 18.7 Å². The van der Waals surface area contributed by atoms with Crippen LogP contribution in [0.1, 0.15) is 12.0 Å². The van der Waals surface area contributed by atoms with Crippen LogP contribution in [0.5, 0.6) is 0 Å². The number of nitro benzene ring substituents is 1. The zero-order valence-corrected chi connectivity index (χ0v) is 9.78. The molecule has 0 aromatic heterocycles. The summed E-state index contributed by atoms with van der Waals surface area (Å²) in [6.45, 7) is 0.241. The average molecular weight is 241 g/mol. The molecule has 88 valence electrons. The van der Waals surface area contributed by atoms with Crippen molar-refractivity contribution in [3.05, 3.63) is 39.9 Å². The number of aliphatic hydroxyl groups excluding tert-OH is 1. The Bertz CT molecular complexity index is 327. The summed E-state index contributed by atoms with van der Waals surface area (Å²) in [6, 6.07) is 6.66. The molecule has 0 aliphatic heterocycles. The number of hydrogen-bond donors (Lipinski definition) is 1. The Morgan fingerprint density at radius 1 is 1.25 bits per heavy atom. The van der Waals surface area contributed by atoms with Gasteiger partial charge in [0.15, 0.2) is 0 Å². The van der Waals surface area contributed by atoms with E-state index >= 15 is 0 Å². The molecule has 0 unspecified atom stereocenters. The van der Waals surface area contributed by atoms with Crippen LogP contribution in [0.25, 0.3) is 0 Å². The average Bonchev–Trinajstić information content (AvgIpc) is 2.29. The predicted molar refractivity (Wildman–Crippen MR) is 65.8 cm³/mol. The van der Waals surface area contributed by atoms with Gasteiger partial charge in [-0.2, -0.15) is 11.8 Å². The number of thioether (sulfide) groups is 1. The number of hydrogen-bond acceptors (Lipinski definition) is 4. The van der Waals surface area contributed by atoms with Crippen LogP contribution < -0.4 is 0 Å². The molecule has 0 saturated heterocycles. The van der Waals surface area contributed by atoms with Gasteiger partial charge in [0.1, 0.15) is 0 Å². The Morgan fingerprint density at radius 3 is 2.50 bits per heavy atom. The summed E-state index contributed by atoms with van der Waals surface area (Å²) >= 11 is 1.79. The standard InChI is InChI=1S/C11H15NO3S/c13-7-1-8-16-9-6-10-2-4-11(5-3-10)12(14)15/h2-5,13H,1,6-9H2. The highest BCUT2D eigenvalue weighted by atomic mass is 32.2. The smallest absolute Gasteiger partial charge is 0.269 e. The molecule has 0 fully saturated rings. The minimum Gasteiger partial charge on any atom is -0.396 e. The van der Waals surface area contributed by atoms with E-state index in [1.165, 1.54) is 12.1 Å². The lowest BCUT2D eigenvalue weighted by Gasteiger charge is -2.01. The quantitative estimate of drug-likeness (QED) is 0.452. The number of rotatable bonds is 7. The highest BCUT2D eigenvalue weighted by Crippen LogP contribution is 2.14. The van der Waals surface area contributed by atoms with Crippen LogP contribution in [-0.4, -0.2) is 28.1 Å². The van der Waals surface area contributed by atoms with E-state index in [0.29, 0.717) is 0 Å². The van der Waals surface area contributed by atoms with E-state index < -0.39 is 0 Å². The molecule has 0 bridgehead atoms. The summed E-state index contributed by atoms with van der Waals surface area (Å²) < 4.78 is 0. The fourth-order valence-electron chi connectivity index (χ4n) is 1.24. The molecule has 4 nitrogen and oxygen atoms in total. The lowest BCUT2D eigenvalue weighted by atomic mass is 10.1. The van der Waals surface area contributed by atoms with Gasteiger partial charge in [0.2, 0.25) is 0 Å². The molecule has 0 atom stereocenters. The number of aliphatic hydroxyl groups is 1. The fourth-order valence-corrected chi connectivity index (χ4v) is 2.16. The summed E-state index contributed by atoms with van der Waals surface area (Å²) in [5.41, 5.74) is 1.25. The van der Waals surface area contributed by atoms with Gasteiger partial charge in [0.05, 0.1) is 4.92 Å². The molecule has 1 aromatic rings. The number of aryl methyl sites for hydroxylation is 1. The second kappa shape index (κ2) is 7.24. The Labute approximate surface area is 98.8 Å². The Balaban J connectivity index is 2.29. The molecule has 0 radical (unpaired) electrons. The largest absolute Gasteiger partial charge is 0.396 e. The summed E-state index contributed by atoms with van der Waals surface area (Å²) in [5.74, 6) is 1.95.